The fourth-order valence-corrected chi connectivity index (χ4v) is 2.39. The number of nitrogens with one attached hydrogen (secondary N) is 2. The molecule has 0 radical (unpaired) electrons. The molecular formula is C13H15N3OS. The summed E-state index contributed by atoms with van der Waals surface area (Å²) in [5, 5.41) is 8.11. The summed E-state index contributed by atoms with van der Waals surface area (Å²) in [5.74, 6) is -0.0422. The van der Waals surface area contributed by atoms with Crippen molar-refractivity contribution >= 4 is 22.9 Å². The first-order chi connectivity index (χ1) is 8.75. The number of pyridine rings is 1. The molecule has 0 atom stereocenters. The minimum absolute atomic E-state index is 0.0422. The Morgan fingerprint density at radius 3 is 2.94 bits per heavy atom. The van der Waals surface area contributed by atoms with Crippen molar-refractivity contribution in [2.45, 2.75) is 20.0 Å². The molecule has 0 saturated heterocycles. The topological polar surface area (TPSA) is 54.0 Å². The minimum atomic E-state index is -0.0422. The summed E-state index contributed by atoms with van der Waals surface area (Å²) in [6, 6.07) is 7.77. The van der Waals surface area contributed by atoms with E-state index in [0.717, 1.165) is 29.3 Å². The van der Waals surface area contributed by atoms with Crippen LogP contribution in [-0.2, 0) is 17.9 Å². The summed E-state index contributed by atoms with van der Waals surface area (Å²) < 4.78 is 0. The van der Waals surface area contributed by atoms with Gasteiger partial charge in [0.2, 0.25) is 5.91 Å². The molecule has 0 bridgehead atoms. The number of aromatic nitrogens is 1. The number of rotatable bonds is 5. The number of thiophene rings is 1. The number of hydrogen-bond donors (Lipinski definition) is 2. The van der Waals surface area contributed by atoms with E-state index >= 15 is 0 Å². The van der Waals surface area contributed by atoms with Crippen LogP contribution in [0.3, 0.4) is 0 Å². The molecule has 0 aromatic carbocycles. The lowest BCUT2D eigenvalue weighted by Gasteiger charge is -2.06. The molecule has 0 unspecified atom stereocenters. The quantitative estimate of drug-likeness (QED) is 0.869. The highest BCUT2D eigenvalue weighted by Crippen LogP contribution is 2.21. The summed E-state index contributed by atoms with van der Waals surface area (Å²) in [6.07, 6.45) is 1.78. The van der Waals surface area contributed by atoms with Crippen LogP contribution in [0.2, 0.25) is 0 Å². The van der Waals surface area contributed by atoms with Crippen molar-refractivity contribution < 1.29 is 4.79 Å². The van der Waals surface area contributed by atoms with Gasteiger partial charge in [-0.2, -0.15) is 0 Å². The summed E-state index contributed by atoms with van der Waals surface area (Å²) in [6.45, 7) is 2.96. The van der Waals surface area contributed by atoms with Crippen LogP contribution in [0.1, 0.15) is 17.5 Å². The van der Waals surface area contributed by atoms with Gasteiger partial charge in [-0.1, -0.05) is 6.07 Å². The lowest BCUT2D eigenvalue weighted by atomic mass is 10.3. The van der Waals surface area contributed by atoms with Crippen molar-refractivity contribution in [2.24, 2.45) is 0 Å². The Morgan fingerprint density at radius 1 is 1.33 bits per heavy atom. The van der Waals surface area contributed by atoms with E-state index in [1.807, 2.05) is 29.6 Å². The van der Waals surface area contributed by atoms with Gasteiger partial charge in [0.1, 0.15) is 0 Å². The first kappa shape index (κ1) is 12.7. The van der Waals surface area contributed by atoms with Crippen LogP contribution >= 0.6 is 11.3 Å². The third kappa shape index (κ3) is 3.65. The van der Waals surface area contributed by atoms with Crippen molar-refractivity contribution in [1.82, 2.24) is 10.3 Å². The Hall–Kier alpha value is -1.72. The normalized spacial score (nSPS) is 10.3. The van der Waals surface area contributed by atoms with E-state index < -0.39 is 0 Å². The zero-order valence-electron chi connectivity index (χ0n) is 10.1. The van der Waals surface area contributed by atoms with Gasteiger partial charge in [-0.3, -0.25) is 9.78 Å². The predicted octanol–water partition coefficient (Wildman–Crippen LogP) is 2.39. The first-order valence-corrected chi connectivity index (χ1v) is 6.58. The summed E-state index contributed by atoms with van der Waals surface area (Å²) >= 11 is 1.63. The second kappa shape index (κ2) is 6.28. The smallest absolute Gasteiger partial charge is 0.221 e. The molecule has 0 saturated carbocycles. The first-order valence-electron chi connectivity index (χ1n) is 5.70. The number of anilines is 1. The van der Waals surface area contributed by atoms with E-state index in [1.54, 1.807) is 17.5 Å². The van der Waals surface area contributed by atoms with Crippen molar-refractivity contribution in [3.05, 3.63) is 46.4 Å². The van der Waals surface area contributed by atoms with Gasteiger partial charge in [0.15, 0.2) is 0 Å². The fraction of sp³-hybridized carbons (Fsp3) is 0.231. The molecule has 2 N–H and O–H groups in total. The van der Waals surface area contributed by atoms with Gasteiger partial charge in [-0.05, 0) is 23.6 Å². The molecule has 18 heavy (non-hydrogen) atoms. The standard InChI is InChI=1S/C13H15N3OS/c1-10(17)16-12-5-7-18-13(12)9-14-8-11-4-2-3-6-15-11/h2-7,14H,8-9H2,1H3,(H,16,17). The Labute approximate surface area is 110 Å². The maximum absolute atomic E-state index is 11.0. The van der Waals surface area contributed by atoms with Crippen molar-refractivity contribution in [1.29, 1.82) is 0 Å². The van der Waals surface area contributed by atoms with E-state index in [0.29, 0.717) is 0 Å². The molecule has 0 spiro atoms. The molecule has 0 aliphatic heterocycles. The monoisotopic (exact) mass is 261 g/mol. The molecular weight excluding hydrogens is 246 g/mol. The van der Waals surface area contributed by atoms with Crippen LogP contribution in [0.25, 0.3) is 0 Å². The largest absolute Gasteiger partial charge is 0.325 e. The van der Waals surface area contributed by atoms with E-state index in [4.69, 9.17) is 0 Å². The number of nitrogens with zero attached hydrogens (tertiary/aromatic N) is 1. The van der Waals surface area contributed by atoms with Crippen LogP contribution in [0.15, 0.2) is 35.8 Å². The molecule has 0 aliphatic rings. The third-order valence-electron chi connectivity index (χ3n) is 2.37. The second-order valence-corrected chi connectivity index (χ2v) is 4.86. The maximum Gasteiger partial charge on any atom is 0.221 e. The fourth-order valence-electron chi connectivity index (χ4n) is 1.59. The highest BCUT2D eigenvalue weighted by atomic mass is 32.1. The Morgan fingerprint density at radius 2 is 2.22 bits per heavy atom. The molecule has 4 nitrogen and oxygen atoms in total. The van der Waals surface area contributed by atoms with Gasteiger partial charge in [-0.25, -0.2) is 0 Å². The summed E-state index contributed by atoms with van der Waals surface area (Å²) in [4.78, 5) is 16.4. The Balaban J connectivity index is 1.87. The molecule has 1 amide bonds. The van der Waals surface area contributed by atoms with E-state index in [-0.39, 0.29) is 5.91 Å². The Kier molecular flexibility index (Phi) is 4.44. The highest BCUT2D eigenvalue weighted by Gasteiger charge is 2.05. The molecule has 5 heteroatoms. The number of carbonyl (C=O) groups excluding carboxylic acids is 1. The number of amides is 1. The van der Waals surface area contributed by atoms with Crippen molar-refractivity contribution in [2.75, 3.05) is 5.32 Å². The van der Waals surface area contributed by atoms with Crippen LogP contribution in [-0.4, -0.2) is 10.9 Å². The zero-order valence-corrected chi connectivity index (χ0v) is 11.0. The molecule has 94 valence electrons. The van der Waals surface area contributed by atoms with Gasteiger partial charge >= 0.3 is 0 Å². The molecule has 2 aromatic heterocycles. The van der Waals surface area contributed by atoms with Gasteiger partial charge in [0, 0.05) is 31.1 Å². The van der Waals surface area contributed by atoms with Gasteiger partial charge < -0.3 is 10.6 Å². The predicted molar refractivity (Wildman–Crippen MR) is 73.4 cm³/mol. The molecule has 2 rings (SSSR count). The number of hydrogen-bond acceptors (Lipinski definition) is 4. The molecule has 0 fully saturated rings. The van der Waals surface area contributed by atoms with Crippen molar-refractivity contribution in [3.8, 4) is 0 Å². The maximum atomic E-state index is 11.0. The average molecular weight is 261 g/mol. The SMILES string of the molecule is CC(=O)Nc1ccsc1CNCc1ccccn1. The molecule has 2 heterocycles. The van der Waals surface area contributed by atoms with Crippen molar-refractivity contribution in [3.63, 3.8) is 0 Å². The average Bonchev–Trinajstić information content (AvgIpc) is 2.77. The van der Waals surface area contributed by atoms with E-state index in [1.165, 1.54) is 6.92 Å². The number of carbonyl (C=O) groups is 1. The summed E-state index contributed by atoms with van der Waals surface area (Å²) in [7, 11) is 0. The van der Waals surface area contributed by atoms with E-state index in [9.17, 15) is 4.79 Å². The summed E-state index contributed by atoms with van der Waals surface area (Å²) in [5.41, 5.74) is 1.90. The minimum Gasteiger partial charge on any atom is -0.325 e. The van der Waals surface area contributed by atoms with Gasteiger partial charge in [0.25, 0.3) is 0 Å². The zero-order chi connectivity index (χ0) is 12.8. The van der Waals surface area contributed by atoms with Gasteiger partial charge in [-0.15, -0.1) is 11.3 Å². The third-order valence-corrected chi connectivity index (χ3v) is 3.29. The van der Waals surface area contributed by atoms with Crippen LogP contribution in [0.5, 0.6) is 0 Å². The van der Waals surface area contributed by atoms with Crippen LogP contribution in [0.4, 0.5) is 5.69 Å². The lowest BCUT2D eigenvalue weighted by molar-refractivity contribution is -0.114. The van der Waals surface area contributed by atoms with E-state index in [2.05, 4.69) is 15.6 Å². The van der Waals surface area contributed by atoms with Crippen LogP contribution in [0, 0.1) is 0 Å². The molecule has 2 aromatic rings. The second-order valence-electron chi connectivity index (χ2n) is 3.86. The molecule has 0 aliphatic carbocycles. The Bertz CT molecular complexity index is 510. The van der Waals surface area contributed by atoms with Gasteiger partial charge in [0.05, 0.1) is 11.4 Å². The lowest BCUT2D eigenvalue weighted by Crippen LogP contribution is -2.14. The highest BCUT2D eigenvalue weighted by molar-refractivity contribution is 7.10. The van der Waals surface area contributed by atoms with Crippen LogP contribution < -0.4 is 10.6 Å².